The van der Waals surface area contributed by atoms with E-state index in [2.05, 4.69) is 5.32 Å². The molecule has 0 aromatic heterocycles. The predicted octanol–water partition coefficient (Wildman–Crippen LogP) is -0.124. The van der Waals surface area contributed by atoms with E-state index in [4.69, 9.17) is 14.2 Å². The molecule has 0 bridgehead atoms. The van der Waals surface area contributed by atoms with Gasteiger partial charge in [-0.25, -0.2) is 0 Å². The fraction of sp³-hybridized carbons (Fsp3) is 0.923. The van der Waals surface area contributed by atoms with E-state index in [0.29, 0.717) is 46.1 Å². The molecule has 0 radical (unpaired) electrons. The van der Waals surface area contributed by atoms with Crippen molar-refractivity contribution in [3.05, 3.63) is 0 Å². The molecule has 0 aromatic carbocycles. The van der Waals surface area contributed by atoms with Gasteiger partial charge in [0.15, 0.2) is 0 Å². The third-order valence-electron chi connectivity index (χ3n) is 3.03. The number of rotatable bonds is 9. The summed E-state index contributed by atoms with van der Waals surface area (Å²) >= 11 is 0. The van der Waals surface area contributed by atoms with Crippen molar-refractivity contribution < 1.29 is 19.0 Å². The van der Waals surface area contributed by atoms with Crippen LogP contribution in [0.4, 0.5) is 0 Å². The van der Waals surface area contributed by atoms with Crippen molar-refractivity contribution in [3.63, 3.8) is 0 Å². The van der Waals surface area contributed by atoms with Gasteiger partial charge >= 0.3 is 0 Å². The topological polar surface area (TPSA) is 60.0 Å². The van der Waals surface area contributed by atoms with Gasteiger partial charge in [-0.1, -0.05) is 0 Å². The summed E-state index contributed by atoms with van der Waals surface area (Å²) in [4.78, 5) is 13.9. The highest BCUT2D eigenvalue weighted by Gasteiger charge is 2.21. The van der Waals surface area contributed by atoms with E-state index in [0.717, 1.165) is 13.0 Å². The lowest BCUT2D eigenvalue weighted by atomic mass is 10.2. The van der Waals surface area contributed by atoms with E-state index in [1.165, 1.54) is 0 Å². The van der Waals surface area contributed by atoms with Gasteiger partial charge < -0.3 is 24.4 Å². The van der Waals surface area contributed by atoms with Crippen LogP contribution < -0.4 is 5.32 Å². The minimum atomic E-state index is -0.166. The number of amides is 1. The molecule has 0 spiro atoms. The normalized spacial score (nSPS) is 17.5. The molecule has 0 aromatic rings. The van der Waals surface area contributed by atoms with Crippen molar-refractivity contribution >= 4 is 5.91 Å². The number of carbonyl (C=O) groups excluding carboxylic acids is 1. The molecule has 1 aliphatic heterocycles. The highest BCUT2D eigenvalue weighted by Crippen LogP contribution is 2.00. The van der Waals surface area contributed by atoms with Crippen LogP contribution in [0, 0.1) is 0 Å². The molecule has 1 N–H and O–H groups in total. The van der Waals surface area contributed by atoms with E-state index >= 15 is 0 Å². The summed E-state index contributed by atoms with van der Waals surface area (Å²) in [5, 5.41) is 3.18. The summed E-state index contributed by atoms with van der Waals surface area (Å²) in [6, 6.07) is -0.166. The Morgan fingerprint density at radius 2 is 2.05 bits per heavy atom. The van der Waals surface area contributed by atoms with Gasteiger partial charge in [0.2, 0.25) is 5.91 Å². The fourth-order valence-corrected chi connectivity index (χ4v) is 1.90. The number of nitrogens with zero attached hydrogens (tertiary/aromatic N) is 1. The van der Waals surface area contributed by atoms with Crippen LogP contribution in [0.3, 0.4) is 0 Å². The summed E-state index contributed by atoms with van der Waals surface area (Å²) in [6.45, 7) is 7.27. The third kappa shape index (κ3) is 6.87. The molecule has 6 nitrogen and oxygen atoms in total. The molecule has 112 valence electrons. The first kappa shape index (κ1) is 16.4. The van der Waals surface area contributed by atoms with Crippen molar-refractivity contribution in [2.24, 2.45) is 0 Å². The van der Waals surface area contributed by atoms with Crippen molar-refractivity contribution in [1.29, 1.82) is 0 Å². The van der Waals surface area contributed by atoms with Crippen LogP contribution in [0.5, 0.6) is 0 Å². The predicted molar refractivity (Wildman–Crippen MR) is 72.2 cm³/mol. The van der Waals surface area contributed by atoms with Crippen LogP contribution in [-0.2, 0) is 19.0 Å². The van der Waals surface area contributed by atoms with Crippen LogP contribution in [0.25, 0.3) is 0 Å². The maximum Gasteiger partial charge on any atom is 0.239 e. The molecule has 1 saturated heterocycles. The van der Waals surface area contributed by atoms with Gasteiger partial charge in [0.05, 0.1) is 25.9 Å². The Morgan fingerprint density at radius 3 is 2.74 bits per heavy atom. The second-order valence-corrected chi connectivity index (χ2v) is 4.57. The summed E-state index contributed by atoms with van der Waals surface area (Å²) in [5.74, 6) is 0.141. The number of hydrogen-bond acceptors (Lipinski definition) is 5. The molecule has 1 heterocycles. The van der Waals surface area contributed by atoms with Crippen molar-refractivity contribution in [2.75, 3.05) is 59.8 Å². The molecule has 0 aliphatic carbocycles. The maximum absolute atomic E-state index is 12.1. The number of nitrogens with one attached hydrogen (secondary N) is 1. The highest BCUT2D eigenvalue weighted by atomic mass is 16.5. The quantitative estimate of drug-likeness (QED) is 0.594. The number of hydrogen-bond donors (Lipinski definition) is 1. The van der Waals surface area contributed by atoms with E-state index in [1.807, 2.05) is 11.8 Å². The average molecular weight is 274 g/mol. The molecule has 6 heteroatoms. The van der Waals surface area contributed by atoms with Gasteiger partial charge in [-0.3, -0.25) is 4.79 Å². The van der Waals surface area contributed by atoms with Gasteiger partial charge in [-0.2, -0.15) is 0 Å². The SMILES string of the molecule is COCCCOCCNC(C)C(=O)N1CCOCC1. The van der Waals surface area contributed by atoms with Crippen LogP contribution in [0.1, 0.15) is 13.3 Å². The fourth-order valence-electron chi connectivity index (χ4n) is 1.90. The Hall–Kier alpha value is -0.690. The van der Waals surface area contributed by atoms with Gasteiger partial charge in [-0.15, -0.1) is 0 Å². The lowest BCUT2D eigenvalue weighted by Gasteiger charge is -2.29. The minimum absolute atomic E-state index is 0.141. The van der Waals surface area contributed by atoms with Gasteiger partial charge in [-0.05, 0) is 13.3 Å². The summed E-state index contributed by atoms with van der Waals surface area (Å²) in [5.41, 5.74) is 0. The Bertz CT molecular complexity index is 245. The zero-order valence-corrected chi connectivity index (χ0v) is 12.0. The Labute approximate surface area is 115 Å². The van der Waals surface area contributed by atoms with Crippen LogP contribution in [-0.4, -0.2) is 76.6 Å². The number of morpholine rings is 1. The van der Waals surface area contributed by atoms with Gasteiger partial charge in [0.1, 0.15) is 0 Å². The summed E-state index contributed by atoms with van der Waals surface area (Å²) in [6.07, 6.45) is 0.902. The second-order valence-electron chi connectivity index (χ2n) is 4.57. The molecule has 1 unspecified atom stereocenters. The Balaban J connectivity index is 2.03. The summed E-state index contributed by atoms with van der Waals surface area (Å²) < 4.78 is 15.6. The Kier molecular flexibility index (Phi) is 8.73. The highest BCUT2D eigenvalue weighted by molar-refractivity contribution is 5.81. The molecule has 1 atom stereocenters. The number of methoxy groups -OCH3 is 1. The monoisotopic (exact) mass is 274 g/mol. The van der Waals surface area contributed by atoms with Gasteiger partial charge in [0.25, 0.3) is 0 Å². The van der Waals surface area contributed by atoms with Crippen molar-refractivity contribution in [3.8, 4) is 0 Å². The average Bonchev–Trinajstić information content (AvgIpc) is 2.46. The number of ether oxygens (including phenoxy) is 3. The zero-order chi connectivity index (χ0) is 13.9. The smallest absolute Gasteiger partial charge is 0.239 e. The van der Waals surface area contributed by atoms with Crippen LogP contribution in [0.15, 0.2) is 0 Å². The number of carbonyl (C=O) groups is 1. The van der Waals surface area contributed by atoms with E-state index in [-0.39, 0.29) is 11.9 Å². The lowest BCUT2D eigenvalue weighted by molar-refractivity contribution is -0.137. The zero-order valence-electron chi connectivity index (χ0n) is 12.0. The van der Waals surface area contributed by atoms with E-state index < -0.39 is 0 Å². The Morgan fingerprint density at radius 1 is 1.32 bits per heavy atom. The molecule has 19 heavy (non-hydrogen) atoms. The molecule has 1 fully saturated rings. The molecule has 1 aliphatic rings. The molecule has 1 amide bonds. The van der Waals surface area contributed by atoms with E-state index in [1.54, 1.807) is 7.11 Å². The molecular weight excluding hydrogens is 248 g/mol. The molecular formula is C13H26N2O4. The van der Waals surface area contributed by atoms with Crippen LogP contribution >= 0.6 is 0 Å². The standard InChI is InChI=1S/C13H26N2O4/c1-12(13(16)15-5-10-19-11-6-15)14-4-9-18-8-3-7-17-2/h12,14H,3-11H2,1-2H3. The lowest BCUT2D eigenvalue weighted by Crippen LogP contribution is -2.49. The molecule has 0 saturated carbocycles. The van der Waals surface area contributed by atoms with Crippen molar-refractivity contribution in [2.45, 2.75) is 19.4 Å². The minimum Gasteiger partial charge on any atom is -0.385 e. The second kappa shape index (κ2) is 10.1. The van der Waals surface area contributed by atoms with Crippen LogP contribution in [0.2, 0.25) is 0 Å². The van der Waals surface area contributed by atoms with E-state index in [9.17, 15) is 4.79 Å². The first-order chi connectivity index (χ1) is 9.25. The first-order valence-corrected chi connectivity index (χ1v) is 6.92. The third-order valence-corrected chi connectivity index (χ3v) is 3.03. The first-order valence-electron chi connectivity index (χ1n) is 6.92. The maximum atomic E-state index is 12.1. The molecule has 1 rings (SSSR count). The van der Waals surface area contributed by atoms with Gasteiger partial charge in [0, 0.05) is 40.0 Å². The largest absolute Gasteiger partial charge is 0.385 e. The van der Waals surface area contributed by atoms with Crippen molar-refractivity contribution in [1.82, 2.24) is 10.2 Å². The summed E-state index contributed by atoms with van der Waals surface area (Å²) in [7, 11) is 1.68.